The van der Waals surface area contributed by atoms with E-state index in [1.54, 1.807) is 31.2 Å². The summed E-state index contributed by atoms with van der Waals surface area (Å²) in [5, 5.41) is 0.996. The number of halogens is 1. The topological polar surface area (TPSA) is 76.1 Å². The Hall–Kier alpha value is -2.48. The lowest BCUT2D eigenvalue weighted by atomic mass is 10.1. The number of nitrogens with one attached hydrogen (secondary N) is 2. The quantitative estimate of drug-likeness (QED) is 0.517. The van der Waals surface area contributed by atoms with Gasteiger partial charge in [-0.2, -0.15) is 0 Å². The van der Waals surface area contributed by atoms with Crippen LogP contribution in [0.5, 0.6) is 0 Å². The molecule has 0 spiro atoms. The van der Waals surface area contributed by atoms with Gasteiger partial charge in [-0.1, -0.05) is 29.8 Å². The number of aromatic nitrogens is 2. The minimum atomic E-state index is -0.395. The summed E-state index contributed by atoms with van der Waals surface area (Å²) in [6.07, 6.45) is 0. The van der Waals surface area contributed by atoms with Gasteiger partial charge in [-0.3, -0.25) is 19.0 Å². The number of hydrogen-bond acceptors (Lipinski definition) is 4. The highest BCUT2D eigenvalue weighted by Gasteiger charge is 2.11. The highest BCUT2D eigenvalue weighted by Crippen LogP contribution is 2.17. The second kappa shape index (κ2) is 7.82. The van der Waals surface area contributed by atoms with E-state index in [4.69, 9.17) is 28.7 Å². The molecule has 0 atom stereocenters. The monoisotopic (exact) mass is 389 g/mol. The average Bonchev–Trinajstić information content (AvgIpc) is 2.64. The van der Waals surface area contributed by atoms with Crippen molar-refractivity contribution in [2.24, 2.45) is 0 Å². The molecule has 1 heterocycles. The van der Waals surface area contributed by atoms with Gasteiger partial charge in [0.25, 0.3) is 11.5 Å². The van der Waals surface area contributed by atoms with Crippen molar-refractivity contribution < 1.29 is 9.63 Å². The van der Waals surface area contributed by atoms with E-state index in [0.29, 0.717) is 28.1 Å². The zero-order valence-electron chi connectivity index (χ0n) is 13.9. The summed E-state index contributed by atoms with van der Waals surface area (Å²) >= 11 is 11.5. The Kier molecular flexibility index (Phi) is 5.51. The fourth-order valence-electron chi connectivity index (χ4n) is 2.53. The maximum absolute atomic E-state index is 12.8. The first-order chi connectivity index (χ1) is 12.5. The molecule has 8 heteroatoms. The highest BCUT2D eigenvalue weighted by molar-refractivity contribution is 7.71. The predicted octanol–water partition coefficient (Wildman–Crippen LogP) is 3.44. The Morgan fingerprint density at radius 1 is 1.31 bits per heavy atom. The zero-order chi connectivity index (χ0) is 18.7. The number of H-pyrrole nitrogens is 1. The van der Waals surface area contributed by atoms with Gasteiger partial charge < -0.3 is 4.98 Å². The molecule has 1 aromatic heterocycles. The summed E-state index contributed by atoms with van der Waals surface area (Å²) in [5.41, 5.74) is 3.71. The number of carbonyl (C=O) groups is 1. The number of fused-ring (bicyclic) bond motifs is 1. The minimum absolute atomic E-state index is 0.250. The van der Waals surface area contributed by atoms with Gasteiger partial charge in [0, 0.05) is 10.6 Å². The lowest BCUT2D eigenvalue weighted by Gasteiger charge is -2.10. The SMILES string of the molecule is CCONC(=O)c1ccc2c(=O)n(Cc3ccccc3Cl)c(=S)[nH]c2c1. The number of hydrogen-bond donors (Lipinski definition) is 2. The molecule has 3 rings (SSSR count). The van der Waals surface area contributed by atoms with E-state index < -0.39 is 5.91 Å². The first-order valence-electron chi connectivity index (χ1n) is 7.93. The van der Waals surface area contributed by atoms with Crippen molar-refractivity contribution in [3.8, 4) is 0 Å². The normalized spacial score (nSPS) is 10.8. The Morgan fingerprint density at radius 2 is 2.08 bits per heavy atom. The molecule has 2 aromatic carbocycles. The van der Waals surface area contributed by atoms with Crippen molar-refractivity contribution in [1.82, 2.24) is 15.0 Å². The van der Waals surface area contributed by atoms with Crippen LogP contribution in [0.1, 0.15) is 22.8 Å². The standard InChI is InChI=1S/C18H16ClN3O3S/c1-2-25-21-16(23)11-7-8-13-15(9-11)20-18(26)22(17(13)24)10-12-5-3-4-6-14(12)19/h3-9H,2,10H2,1H3,(H,20,26)(H,21,23). The number of carbonyl (C=O) groups excluding carboxylic acids is 1. The van der Waals surface area contributed by atoms with Gasteiger partial charge >= 0.3 is 0 Å². The second-order valence-corrected chi connectivity index (χ2v) is 6.33. The maximum atomic E-state index is 12.8. The molecule has 26 heavy (non-hydrogen) atoms. The summed E-state index contributed by atoms with van der Waals surface area (Å²) in [6, 6.07) is 12.0. The van der Waals surface area contributed by atoms with Crippen LogP contribution >= 0.6 is 23.8 Å². The van der Waals surface area contributed by atoms with Gasteiger partial charge in [0.2, 0.25) is 0 Å². The van der Waals surface area contributed by atoms with Gasteiger partial charge in [-0.25, -0.2) is 5.48 Å². The van der Waals surface area contributed by atoms with Gasteiger partial charge in [0.05, 0.1) is 24.1 Å². The van der Waals surface area contributed by atoms with Crippen molar-refractivity contribution in [3.63, 3.8) is 0 Å². The summed E-state index contributed by atoms with van der Waals surface area (Å²) < 4.78 is 1.70. The van der Waals surface area contributed by atoms with Crippen molar-refractivity contribution in [2.75, 3.05) is 6.61 Å². The molecule has 0 aliphatic carbocycles. The molecule has 134 valence electrons. The van der Waals surface area contributed by atoms with E-state index in [1.807, 2.05) is 18.2 Å². The lowest BCUT2D eigenvalue weighted by Crippen LogP contribution is -2.25. The van der Waals surface area contributed by atoms with E-state index in [2.05, 4.69) is 10.5 Å². The molecule has 0 saturated carbocycles. The van der Waals surface area contributed by atoms with Crippen LogP contribution in [0.4, 0.5) is 0 Å². The summed E-state index contributed by atoms with van der Waals surface area (Å²) in [7, 11) is 0. The van der Waals surface area contributed by atoms with Gasteiger partial charge in [0.1, 0.15) is 0 Å². The second-order valence-electron chi connectivity index (χ2n) is 5.54. The molecule has 0 fully saturated rings. The largest absolute Gasteiger partial charge is 0.332 e. The molecule has 0 aliphatic heterocycles. The molecule has 0 saturated heterocycles. The van der Waals surface area contributed by atoms with Gasteiger partial charge in [-0.05, 0) is 49.0 Å². The molecule has 0 bridgehead atoms. The molecule has 3 aromatic rings. The molecule has 1 amide bonds. The number of rotatable bonds is 5. The van der Waals surface area contributed by atoms with Gasteiger partial charge in [0.15, 0.2) is 4.77 Å². The van der Waals surface area contributed by atoms with Gasteiger partial charge in [-0.15, -0.1) is 0 Å². The molecule has 0 unspecified atom stereocenters. The fraction of sp³-hybridized carbons (Fsp3) is 0.167. The van der Waals surface area contributed by atoms with Crippen molar-refractivity contribution in [1.29, 1.82) is 0 Å². The Bertz CT molecular complexity index is 1090. The van der Waals surface area contributed by atoms with Crippen LogP contribution < -0.4 is 11.0 Å². The number of nitrogens with zero attached hydrogens (tertiary/aromatic N) is 1. The zero-order valence-corrected chi connectivity index (χ0v) is 15.5. The van der Waals surface area contributed by atoms with Crippen LogP contribution in [0.15, 0.2) is 47.3 Å². The van der Waals surface area contributed by atoms with Crippen LogP contribution in [-0.4, -0.2) is 22.1 Å². The fourth-order valence-corrected chi connectivity index (χ4v) is 2.99. The third-order valence-electron chi connectivity index (χ3n) is 3.84. The van der Waals surface area contributed by atoms with Crippen LogP contribution in [0, 0.1) is 4.77 Å². The number of hydroxylamine groups is 1. The molecule has 0 radical (unpaired) electrons. The van der Waals surface area contributed by atoms with Crippen molar-refractivity contribution in [2.45, 2.75) is 13.5 Å². The van der Waals surface area contributed by atoms with Crippen LogP contribution in [0.2, 0.25) is 5.02 Å². The van der Waals surface area contributed by atoms with Crippen LogP contribution in [0.3, 0.4) is 0 Å². The van der Waals surface area contributed by atoms with Crippen molar-refractivity contribution >= 4 is 40.6 Å². The molecular formula is C18H16ClN3O3S. The van der Waals surface area contributed by atoms with E-state index in [0.717, 1.165) is 5.56 Å². The van der Waals surface area contributed by atoms with E-state index in [9.17, 15) is 9.59 Å². The van der Waals surface area contributed by atoms with E-state index in [1.165, 1.54) is 4.57 Å². The smallest absolute Gasteiger partial charge is 0.274 e. The van der Waals surface area contributed by atoms with Crippen LogP contribution in [-0.2, 0) is 11.4 Å². The van der Waals surface area contributed by atoms with Crippen molar-refractivity contribution in [3.05, 3.63) is 73.7 Å². The van der Waals surface area contributed by atoms with Crippen LogP contribution in [0.25, 0.3) is 10.9 Å². The molecule has 0 aliphatic rings. The minimum Gasteiger partial charge on any atom is -0.332 e. The first kappa shape index (κ1) is 18.3. The molecular weight excluding hydrogens is 374 g/mol. The maximum Gasteiger partial charge on any atom is 0.274 e. The average molecular weight is 390 g/mol. The number of aromatic amines is 1. The molecule has 6 nitrogen and oxygen atoms in total. The predicted molar refractivity (Wildman–Crippen MR) is 103 cm³/mol. The molecule has 2 N–H and O–H groups in total. The highest BCUT2D eigenvalue weighted by atomic mass is 35.5. The van der Waals surface area contributed by atoms with E-state index in [-0.39, 0.29) is 16.9 Å². The summed E-state index contributed by atoms with van der Waals surface area (Å²) in [5.74, 6) is -0.395. The lowest BCUT2D eigenvalue weighted by molar-refractivity contribution is 0.0364. The summed E-state index contributed by atoms with van der Waals surface area (Å²) in [4.78, 5) is 32.7. The Morgan fingerprint density at radius 3 is 2.81 bits per heavy atom. The summed E-state index contributed by atoms with van der Waals surface area (Å²) in [6.45, 7) is 2.38. The Labute approximate surface area is 159 Å². The Balaban J connectivity index is 2.03. The third kappa shape index (κ3) is 3.70. The van der Waals surface area contributed by atoms with E-state index >= 15 is 0 Å². The third-order valence-corrected chi connectivity index (χ3v) is 4.53. The number of benzene rings is 2. The first-order valence-corrected chi connectivity index (χ1v) is 8.72. The number of amides is 1.